The van der Waals surface area contributed by atoms with Crippen molar-refractivity contribution < 1.29 is 14.6 Å². The first-order chi connectivity index (χ1) is 11.9. The third kappa shape index (κ3) is 3.54. The fraction of sp³-hybridized carbons (Fsp3) is 0.722. The Morgan fingerprint density at radius 3 is 2.56 bits per heavy atom. The Morgan fingerprint density at radius 2 is 2.00 bits per heavy atom. The fourth-order valence-electron chi connectivity index (χ4n) is 3.42. The van der Waals surface area contributed by atoms with E-state index in [1.165, 1.54) is 0 Å². The Hall–Kier alpha value is -1.57. The van der Waals surface area contributed by atoms with Gasteiger partial charge >= 0.3 is 0 Å². The van der Waals surface area contributed by atoms with Gasteiger partial charge in [-0.25, -0.2) is 9.97 Å². The number of amides is 1. The van der Waals surface area contributed by atoms with Gasteiger partial charge in [0, 0.05) is 18.5 Å². The highest BCUT2D eigenvalue weighted by molar-refractivity contribution is 5.96. The van der Waals surface area contributed by atoms with Gasteiger partial charge in [0.15, 0.2) is 0 Å². The first-order valence-corrected chi connectivity index (χ1v) is 8.93. The quantitative estimate of drug-likeness (QED) is 0.818. The molecule has 1 aliphatic heterocycles. The summed E-state index contributed by atoms with van der Waals surface area (Å²) in [7, 11) is 1.96. The molecular formula is C18H28N4O3. The molecule has 2 heterocycles. The van der Waals surface area contributed by atoms with Crippen LogP contribution in [-0.4, -0.2) is 70.9 Å². The molecule has 0 spiro atoms. The minimum atomic E-state index is -0.607. The molecule has 1 saturated heterocycles. The maximum Gasteiger partial charge on any atom is 0.255 e. The third-order valence-electron chi connectivity index (χ3n) is 5.47. The second-order valence-corrected chi connectivity index (χ2v) is 7.44. The van der Waals surface area contributed by atoms with Gasteiger partial charge in [0.1, 0.15) is 5.82 Å². The molecular weight excluding hydrogens is 320 g/mol. The van der Waals surface area contributed by atoms with Gasteiger partial charge in [0.05, 0.1) is 42.3 Å². The zero-order valence-electron chi connectivity index (χ0n) is 15.5. The van der Waals surface area contributed by atoms with Crippen molar-refractivity contribution in [3.63, 3.8) is 0 Å². The van der Waals surface area contributed by atoms with E-state index in [0.717, 1.165) is 18.7 Å². The van der Waals surface area contributed by atoms with E-state index in [0.29, 0.717) is 42.6 Å². The second-order valence-electron chi connectivity index (χ2n) is 7.44. The number of nitrogens with one attached hydrogen (secondary N) is 1. The summed E-state index contributed by atoms with van der Waals surface area (Å²) in [5, 5.41) is 12.9. The Labute approximate surface area is 148 Å². The number of carbonyl (C=O) groups excluding carboxylic acids is 1. The van der Waals surface area contributed by atoms with Crippen LogP contribution in [0.4, 0.5) is 0 Å². The molecule has 2 fully saturated rings. The number of aliphatic hydroxyl groups excluding tert-OH is 1. The lowest BCUT2D eigenvalue weighted by Gasteiger charge is -2.47. The maximum atomic E-state index is 12.7. The Kier molecular flexibility index (Phi) is 5.09. The average molecular weight is 348 g/mol. The molecule has 3 rings (SSSR count). The Bertz CT molecular complexity index is 639. The predicted molar refractivity (Wildman–Crippen MR) is 93.7 cm³/mol. The summed E-state index contributed by atoms with van der Waals surface area (Å²) in [6.07, 6.45) is 2.27. The third-order valence-corrected chi connectivity index (χ3v) is 5.47. The minimum absolute atomic E-state index is 0.0802. The highest BCUT2D eigenvalue weighted by Gasteiger charge is 2.41. The summed E-state index contributed by atoms with van der Waals surface area (Å²) in [6, 6.07) is 0.183. The average Bonchev–Trinajstić information content (AvgIpc) is 3.41. The van der Waals surface area contributed by atoms with Crippen LogP contribution in [0, 0.1) is 13.8 Å². The number of nitrogens with zero attached hydrogens (tertiary/aromatic N) is 3. The van der Waals surface area contributed by atoms with E-state index < -0.39 is 5.54 Å². The van der Waals surface area contributed by atoms with Gasteiger partial charge in [-0.3, -0.25) is 9.69 Å². The van der Waals surface area contributed by atoms with E-state index in [2.05, 4.69) is 20.2 Å². The number of carbonyl (C=O) groups is 1. The predicted octanol–water partition coefficient (Wildman–Crippen LogP) is 0.782. The highest BCUT2D eigenvalue weighted by Crippen LogP contribution is 2.38. The standard InChI is InChI=1S/C18H28N4O3/c1-11-7-25-10-18(9-23,22(11)4)8-19-17(24)15-12(2)20-16(14-5-6-14)21-13(15)3/h11,14,23H,5-10H2,1-4H3,(H,19,24)/t11-,18+/m1/s1. The van der Waals surface area contributed by atoms with Crippen molar-refractivity contribution in [1.82, 2.24) is 20.2 Å². The molecule has 1 aromatic rings. The van der Waals surface area contributed by atoms with Crippen molar-refractivity contribution in [3.8, 4) is 0 Å². The molecule has 1 amide bonds. The van der Waals surface area contributed by atoms with Crippen molar-refractivity contribution in [3.05, 3.63) is 22.8 Å². The van der Waals surface area contributed by atoms with Crippen LogP contribution >= 0.6 is 0 Å². The SMILES string of the molecule is Cc1nc(C2CC2)nc(C)c1C(=O)NC[C@]1(CO)COC[C@@H](C)N1C. The molecule has 7 heteroatoms. The highest BCUT2D eigenvalue weighted by atomic mass is 16.5. The van der Waals surface area contributed by atoms with E-state index in [9.17, 15) is 9.90 Å². The van der Waals surface area contributed by atoms with Gasteiger partial charge in [0.2, 0.25) is 0 Å². The molecule has 0 bridgehead atoms. The van der Waals surface area contributed by atoms with Crippen molar-refractivity contribution in [2.75, 3.05) is 33.4 Å². The summed E-state index contributed by atoms with van der Waals surface area (Å²) in [5.41, 5.74) is 1.35. The van der Waals surface area contributed by atoms with E-state index in [1.54, 1.807) is 0 Å². The van der Waals surface area contributed by atoms with Gasteiger partial charge in [-0.05, 0) is 40.7 Å². The maximum absolute atomic E-state index is 12.7. The molecule has 0 unspecified atom stereocenters. The number of ether oxygens (including phenoxy) is 1. The summed E-state index contributed by atoms with van der Waals surface area (Å²) in [4.78, 5) is 23.9. The lowest BCUT2D eigenvalue weighted by molar-refractivity contribution is -0.105. The number of likely N-dealkylation sites (N-methyl/N-ethyl adjacent to an activating group) is 1. The largest absolute Gasteiger partial charge is 0.394 e. The summed E-state index contributed by atoms with van der Waals surface area (Å²) in [6.45, 7) is 7.00. The van der Waals surface area contributed by atoms with Gasteiger partial charge in [-0.2, -0.15) is 0 Å². The Balaban J connectivity index is 1.74. The first-order valence-electron chi connectivity index (χ1n) is 8.93. The summed E-state index contributed by atoms with van der Waals surface area (Å²) in [5.74, 6) is 1.12. The number of aromatic nitrogens is 2. The Morgan fingerprint density at radius 1 is 1.36 bits per heavy atom. The number of rotatable bonds is 5. The van der Waals surface area contributed by atoms with Crippen LogP contribution in [0.15, 0.2) is 0 Å². The van der Waals surface area contributed by atoms with Crippen molar-refractivity contribution >= 4 is 5.91 Å². The van der Waals surface area contributed by atoms with Gasteiger partial charge in [-0.15, -0.1) is 0 Å². The van der Waals surface area contributed by atoms with E-state index >= 15 is 0 Å². The van der Waals surface area contributed by atoms with Crippen LogP contribution in [0.2, 0.25) is 0 Å². The number of hydrogen-bond acceptors (Lipinski definition) is 6. The van der Waals surface area contributed by atoms with Gasteiger partial charge in [0.25, 0.3) is 5.91 Å². The molecule has 0 radical (unpaired) electrons. The minimum Gasteiger partial charge on any atom is -0.394 e. The summed E-state index contributed by atoms with van der Waals surface area (Å²) < 4.78 is 5.62. The van der Waals surface area contributed by atoms with Gasteiger partial charge < -0.3 is 15.2 Å². The number of aryl methyl sites for hydroxylation is 2. The lowest BCUT2D eigenvalue weighted by Crippen LogP contribution is -2.65. The molecule has 1 saturated carbocycles. The zero-order chi connectivity index (χ0) is 18.2. The molecule has 2 N–H and O–H groups in total. The fourth-order valence-corrected chi connectivity index (χ4v) is 3.42. The number of hydrogen-bond donors (Lipinski definition) is 2. The van der Waals surface area contributed by atoms with Crippen LogP contribution in [0.25, 0.3) is 0 Å². The topological polar surface area (TPSA) is 87.6 Å². The van der Waals surface area contributed by atoms with E-state index in [-0.39, 0.29) is 18.6 Å². The van der Waals surface area contributed by atoms with Gasteiger partial charge in [-0.1, -0.05) is 0 Å². The van der Waals surface area contributed by atoms with E-state index in [4.69, 9.17) is 4.74 Å². The molecule has 7 nitrogen and oxygen atoms in total. The zero-order valence-corrected chi connectivity index (χ0v) is 15.5. The smallest absolute Gasteiger partial charge is 0.255 e. The molecule has 25 heavy (non-hydrogen) atoms. The van der Waals surface area contributed by atoms with Crippen LogP contribution in [0.5, 0.6) is 0 Å². The molecule has 138 valence electrons. The van der Waals surface area contributed by atoms with Crippen LogP contribution < -0.4 is 5.32 Å². The normalized spacial score (nSPS) is 27.3. The molecule has 2 atom stereocenters. The van der Waals surface area contributed by atoms with Crippen molar-refractivity contribution in [2.24, 2.45) is 0 Å². The molecule has 2 aliphatic rings. The molecule has 1 aromatic heterocycles. The lowest BCUT2D eigenvalue weighted by atomic mass is 9.95. The first kappa shape index (κ1) is 18.2. The van der Waals surface area contributed by atoms with Crippen LogP contribution in [0.1, 0.15) is 53.3 Å². The van der Waals surface area contributed by atoms with E-state index in [1.807, 2.05) is 27.8 Å². The number of aliphatic hydroxyl groups is 1. The van der Waals surface area contributed by atoms with Crippen LogP contribution in [-0.2, 0) is 4.74 Å². The molecule has 0 aromatic carbocycles. The second kappa shape index (κ2) is 6.97. The monoisotopic (exact) mass is 348 g/mol. The molecule has 1 aliphatic carbocycles. The van der Waals surface area contributed by atoms with Crippen LogP contribution in [0.3, 0.4) is 0 Å². The van der Waals surface area contributed by atoms with Crippen molar-refractivity contribution in [1.29, 1.82) is 0 Å². The van der Waals surface area contributed by atoms with Crippen molar-refractivity contribution in [2.45, 2.75) is 51.1 Å². The summed E-state index contributed by atoms with van der Waals surface area (Å²) >= 11 is 0. The number of morpholine rings is 1.